The van der Waals surface area contributed by atoms with Crippen LogP contribution in [0.2, 0.25) is 0 Å². The summed E-state index contributed by atoms with van der Waals surface area (Å²) in [4.78, 5) is 4.32. The molecule has 0 bridgehead atoms. The van der Waals surface area contributed by atoms with Crippen LogP contribution in [-0.4, -0.2) is 4.98 Å². The highest BCUT2D eigenvalue weighted by molar-refractivity contribution is 7.13. The standard InChI is InChI=1S/C16H13NS/c1-2-4-13(5-3-1)12-14-6-8-15(9-7-14)16-17-10-11-18-16/h1-11H,12H2. The summed E-state index contributed by atoms with van der Waals surface area (Å²) in [6, 6.07) is 19.2. The highest BCUT2D eigenvalue weighted by atomic mass is 32.1. The fraction of sp³-hybridized carbons (Fsp3) is 0.0625. The predicted molar refractivity (Wildman–Crippen MR) is 76.8 cm³/mol. The van der Waals surface area contributed by atoms with Gasteiger partial charge in [-0.3, -0.25) is 0 Å². The number of nitrogens with zero attached hydrogens (tertiary/aromatic N) is 1. The zero-order valence-electron chi connectivity index (χ0n) is 9.91. The second kappa shape index (κ2) is 5.15. The summed E-state index contributed by atoms with van der Waals surface area (Å²) < 4.78 is 0. The molecular formula is C16H13NS. The highest BCUT2D eigenvalue weighted by Crippen LogP contribution is 2.22. The normalized spacial score (nSPS) is 10.4. The smallest absolute Gasteiger partial charge is 0.123 e. The summed E-state index contributed by atoms with van der Waals surface area (Å²) in [6.45, 7) is 0. The van der Waals surface area contributed by atoms with Crippen molar-refractivity contribution >= 4 is 11.3 Å². The van der Waals surface area contributed by atoms with Crippen molar-refractivity contribution in [3.63, 3.8) is 0 Å². The van der Waals surface area contributed by atoms with E-state index < -0.39 is 0 Å². The van der Waals surface area contributed by atoms with Crippen LogP contribution in [0.4, 0.5) is 0 Å². The minimum absolute atomic E-state index is 0.985. The Morgan fingerprint density at radius 1 is 0.833 bits per heavy atom. The molecule has 3 rings (SSSR count). The molecule has 0 radical (unpaired) electrons. The van der Waals surface area contributed by atoms with Crippen LogP contribution < -0.4 is 0 Å². The summed E-state index contributed by atoms with van der Waals surface area (Å²) in [5.41, 5.74) is 3.88. The van der Waals surface area contributed by atoms with Gasteiger partial charge in [0.2, 0.25) is 0 Å². The van der Waals surface area contributed by atoms with Gasteiger partial charge in [-0.1, -0.05) is 54.6 Å². The van der Waals surface area contributed by atoms with Gasteiger partial charge in [0.25, 0.3) is 0 Å². The lowest BCUT2D eigenvalue weighted by Crippen LogP contribution is -1.87. The lowest BCUT2D eigenvalue weighted by atomic mass is 10.0. The fourth-order valence-electron chi connectivity index (χ4n) is 1.96. The van der Waals surface area contributed by atoms with Crippen LogP contribution in [0.25, 0.3) is 10.6 Å². The molecule has 0 aliphatic carbocycles. The maximum Gasteiger partial charge on any atom is 0.123 e. The van der Waals surface area contributed by atoms with Crippen LogP contribution in [0, 0.1) is 0 Å². The van der Waals surface area contributed by atoms with E-state index in [0.29, 0.717) is 0 Å². The second-order valence-electron chi connectivity index (χ2n) is 4.20. The molecular weight excluding hydrogens is 238 g/mol. The summed E-state index contributed by atoms with van der Waals surface area (Å²) in [5, 5.41) is 3.09. The maximum absolute atomic E-state index is 4.32. The Morgan fingerprint density at radius 3 is 2.22 bits per heavy atom. The molecule has 3 aromatic rings. The maximum atomic E-state index is 4.32. The number of rotatable bonds is 3. The summed E-state index contributed by atoms with van der Waals surface area (Å²) in [5.74, 6) is 0. The van der Waals surface area contributed by atoms with Crippen LogP contribution in [-0.2, 0) is 6.42 Å². The Bertz CT molecular complexity index is 597. The van der Waals surface area contributed by atoms with Crippen molar-refractivity contribution in [1.29, 1.82) is 0 Å². The minimum atomic E-state index is 0.985. The molecule has 2 heteroatoms. The third-order valence-electron chi connectivity index (χ3n) is 2.88. The zero-order chi connectivity index (χ0) is 12.2. The van der Waals surface area contributed by atoms with Crippen LogP contribution in [0.15, 0.2) is 66.2 Å². The van der Waals surface area contributed by atoms with Gasteiger partial charge in [-0.2, -0.15) is 0 Å². The van der Waals surface area contributed by atoms with E-state index in [-0.39, 0.29) is 0 Å². The van der Waals surface area contributed by atoms with E-state index in [1.54, 1.807) is 11.3 Å². The fourth-order valence-corrected chi connectivity index (χ4v) is 2.61. The van der Waals surface area contributed by atoms with Gasteiger partial charge in [-0.25, -0.2) is 4.98 Å². The van der Waals surface area contributed by atoms with Gasteiger partial charge in [0.05, 0.1) is 0 Å². The van der Waals surface area contributed by atoms with Crippen molar-refractivity contribution in [2.45, 2.75) is 6.42 Å². The molecule has 1 heterocycles. The molecule has 0 saturated carbocycles. The average Bonchev–Trinajstić information content (AvgIpc) is 2.95. The molecule has 1 aromatic heterocycles. The SMILES string of the molecule is c1ccc(Cc2ccc(-c3nccs3)cc2)cc1. The molecule has 0 spiro atoms. The first-order valence-electron chi connectivity index (χ1n) is 5.94. The minimum Gasteiger partial charge on any atom is -0.245 e. The Hall–Kier alpha value is -1.93. The van der Waals surface area contributed by atoms with Crippen molar-refractivity contribution in [3.05, 3.63) is 77.3 Å². The third-order valence-corrected chi connectivity index (χ3v) is 3.71. The van der Waals surface area contributed by atoms with E-state index in [4.69, 9.17) is 0 Å². The quantitative estimate of drug-likeness (QED) is 0.672. The van der Waals surface area contributed by atoms with E-state index in [2.05, 4.69) is 59.6 Å². The van der Waals surface area contributed by atoms with Gasteiger partial charge in [0.1, 0.15) is 5.01 Å². The van der Waals surface area contributed by atoms with Crippen molar-refractivity contribution in [1.82, 2.24) is 4.98 Å². The first-order chi connectivity index (χ1) is 8.92. The molecule has 0 fully saturated rings. The van der Waals surface area contributed by atoms with Crippen molar-refractivity contribution in [2.75, 3.05) is 0 Å². The average molecular weight is 251 g/mol. The lowest BCUT2D eigenvalue weighted by molar-refractivity contribution is 1.19. The van der Waals surface area contributed by atoms with Crippen molar-refractivity contribution in [2.24, 2.45) is 0 Å². The molecule has 0 N–H and O–H groups in total. The lowest BCUT2D eigenvalue weighted by Gasteiger charge is -2.03. The van der Waals surface area contributed by atoms with Gasteiger partial charge in [0.15, 0.2) is 0 Å². The zero-order valence-corrected chi connectivity index (χ0v) is 10.7. The Kier molecular flexibility index (Phi) is 3.20. The summed E-state index contributed by atoms with van der Waals surface area (Å²) >= 11 is 1.67. The molecule has 88 valence electrons. The van der Waals surface area contributed by atoms with Crippen LogP contribution in [0.3, 0.4) is 0 Å². The predicted octanol–water partition coefficient (Wildman–Crippen LogP) is 4.40. The van der Waals surface area contributed by atoms with E-state index in [0.717, 1.165) is 11.4 Å². The van der Waals surface area contributed by atoms with Crippen LogP contribution >= 0.6 is 11.3 Å². The monoisotopic (exact) mass is 251 g/mol. The molecule has 0 atom stereocenters. The number of aromatic nitrogens is 1. The molecule has 0 saturated heterocycles. The summed E-state index contributed by atoms with van der Waals surface area (Å²) in [6.07, 6.45) is 2.83. The van der Waals surface area contributed by atoms with Crippen LogP contribution in [0.5, 0.6) is 0 Å². The van der Waals surface area contributed by atoms with Gasteiger partial charge >= 0.3 is 0 Å². The first-order valence-corrected chi connectivity index (χ1v) is 6.82. The van der Waals surface area contributed by atoms with Gasteiger partial charge in [-0.15, -0.1) is 11.3 Å². The second-order valence-corrected chi connectivity index (χ2v) is 5.09. The highest BCUT2D eigenvalue weighted by Gasteiger charge is 2.00. The van der Waals surface area contributed by atoms with E-state index in [1.165, 1.54) is 16.7 Å². The molecule has 0 unspecified atom stereocenters. The van der Waals surface area contributed by atoms with Gasteiger partial charge in [0, 0.05) is 17.1 Å². The van der Waals surface area contributed by atoms with Gasteiger partial charge < -0.3 is 0 Å². The van der Waals surface area contributed by atoms with Crippen LogP contribution in [0.1, 0.15) is 11.1 Å². The molecule has 0 amide bonds. The topological polar surface area (TPSA) is 12.9 Å². The molecule has 2 aromatic carbocycles. The molecule has 18 heavy (non-hydrogen) atoms. The number of hydrogen-bond acceptors (Lipinski definition) is 2. The Morgan fingerprint density at radius 2 is 1.56 bits per heavy atom. The number of benzene rings is 2. The largest absolute Gasteiger partial charge is 0.245 e. The van der Waals surface area contributed by atoms with E-state index >= 15 is 0 Å². The number of thiazole rings is 1. The summed E-state index contributed by atoms with van der Waals surface area (Å²) in [7, 11) is 0. The third kappa shape index (κ3) is 2.49. The molecule has 1 nitrogen and oxygen atoms in total. The van der Waals surface area contributed by atoms with E-state index in [9.17, 15) is 0 Å². The number of hydrogen-bond donors (Lipinski definition) is 0. The Balaban J connectivity index is 1.80. The molecule has 0 aliphatic heterocycles. The van der Waals surface area contributed by atoms with Crippen molar-refractivity contribution in [3.8, 4) is 10.6 Å². The first kappa shape index (κ1) is 11.2. The van der Waals surface area contributed by atoms with Crippen molar-refractivity contribution < 1.29 is 0 Å². The molecule has 0 aliphatic rings. The van der Waals surface area contributed by atoms with Gasteiger partial charge in [-0.05, 0) is 17.5 Å². The Labute approximate surface area is 111 Å². The van der Waals surface area contributed by atoms with E-state index in [1.807, 2.05) is 11.6 Å².